The lowest BCUT2D eigenvalue weighted by Crippen LogP contribution is -2.23. The number of hydrogen-bond acceptors (Lipinski definition) is 5. The Kier molecular flexibility index (Phi) is 4.70. The second-order valence-electron chi connectivity index (χ2n) is 4.51. The summed E-state index contributed by atoms with van der Waals surface area (Å²) in [7, 11) is 0. The van der Waals surface area contributed by atoms with E-state index in [1.807, 2.05) is 31.2 Å². The second-order valence-corrected chi connectivity index (χ2v) is 5.40. The Labute approximate surface area is 122 Å². The van der Waals surface area contributed by atoms with Gasteiger partial charge in [0.2, 0.25) is 0 Å². The van der Waals surface area contributed by atoms with Crippen LogP contribution in [0.25, 0.3) is 0 Å². The van der Waals surface area contributed by atoms with Gasteiger partial charge in [0, 0.05) is 17.6 Å². The van der Waals surface area contributed by atoms with E-state index in [0.717, 1.165) is 17.0 Å². The first-order valence-corrected chi connectivity index (χ1v) is 7.31. The van der Waals surface area contributed by atoms with Crippen LogP contribution in [0.15, 0.2) is 29.6 Å². The van der Waals surface area contributed by atoms with Crippen molar-refractivity contribution in [1.82, 2.24) is 10.3 Å². The molecule has 0 radical (unpaired) electrons. The number of nitrogen functional groups attached to an aromatic ring is 1. The number of aromatic nitrogens is 1. The molecule has 5 nitrogen and oxygen atoms in total. The summed E-state index contributed by atoms with van der Waals surface area (Å²) in [6.07, 6.45) is 0.806. The zero-order valence-corrected chi connectivity index (χ0v) is 12.1. The van der Waals surface area contributed by atoms with Crippen molar-refractivity contribution < 1.29 is 4.79 Å². The summed E-state index contributed by atoms with van der Waals surface area (Å²) in [5, 5.41) is 5.36. The Hall–Kier alpha value is -1.92. The van der Waals surface area contributed by atoms with Crippen LogP contribution in [-0.4, -0.2) is 10.9 Å². The molecule has 0 aliphatic rings. The first kappa shape index (κ1) is 14.5. The number of nitrogens with two attached hydrogens (primary N) is 2. The van der Waals surface area contributed by atoms with Gasteiger partial charge in [0.25, 0.3) is 5.91 Å². The molecule has 0 aliphatic carbocycles. The van der Waals surface area contributed by atoms with Gasteiger partial charge in [-0.15, -0.1) is 11.3 Å². The van der Waals surface area contributed by atoms with Gasteiger partial charge in [0.15, 0.2) is 0 Å². The number of anilines is 1. The van der Waals surface area contributed by atoms with Gasteiger partial charge in [-0.3, -0.25) is 4.79 Å². The maximum absolute atomic E-state index is 12.0. The minimum atomic E-state index is -0.187. The number of carbonyl (C=O) groups is 1. The third-order valence-corrected chi connectivity index (χ3v) is 3.92. The molecule has 1 atom stereocenters. The highest BCUT2D eigenvalue weighted by atomic mass is 32.1. The molecule has 1 aromatic carbocycles. The van der Waals surface area contributed by atoms with E-state index in [9.17, 15) is 4.79 Å². The predicted molar refractivity (Wildman–Crippen MR) is 81.4 cm³/mol. The highest BCUT2D eigenvalue weighted by molar-refractivity contribution is 7.09. The van der Waals surface area contributed by atoms with E-state index in [2.05, 4.69) is 10.3 Å². The summed E-state index contributed by atoms with van der Waals surface area (Å²) in [5.41, 5.74) is 13.6. The average Bonchev–Trinajstić information content (AvgIpc) is 2.95. The Bertz CT molecular complexity index is 579. The van der Waals surface area contributed by atoms with Gasteiger partial charge in [-0.05, 0) is 24.1 Å². The van der Waals surface area contributed by atoms with Crippen molar-refractivity contribution in [3.8, 4) is 0 Å². The molecule has 106 valence electrons. The maximum atomic E-state index is 12.0. The molecule has 2 aromatic rings. The van der Waals surface area contributed by atoms with E-state index in [4.69, 9.17) is 11.5 Å². The van der Waals surface area contributed by atoms with Crippen LogP contribution in [-0.2, 0) is 6.54 Å². The van der Waals surface area contributed by atoms with Crippen LogP contribution in [0.2, 0.25) is 0 Å². The summed E-state index contributed by atoms with van der Waals surface area (Å²) >= 11 is 1.42. The fourth-order valence-corrected chi connectivity index (χ4v) is 2.53. The highest BCUT2D eigenvalue weighted by Crippen LogP contribution is 2.18. The van der Waals surface area contributed by atoms with Crippen LogP contribution >= 0.6 is 11.3 Å². The second kappa shape index (κ2) is 6.49. The maximum Gasteiger partial charge on any atom is 0.271 e. The SMILES string of the molecule is CCC(N)c1nc(C(=O)NCc2ccc(N)cc2)cs1. The molecule has 5 N–H and O–H groups in total. The number of rotatable bonds is 5. The van der Waals surface area contributed by atoms with E-state index in [0.29, 0.717) is 17.9 Å². The number of amides is 1. The first-order valence-electron chi connectivity index (χ1n) is 6.43. The van der Waals surface area contributed by atoms with Gasteiger partial charge in [-0.2, -0.15) is 0 Å². The van der Waals surface area contributed by atoms with Crippen LogP contribution in [0, 0.1) is 0 Å². The van der Waals surface area contributed by atoms with Crippen LogP contribution in [0.3, 0.4) is 0 Å². The largest absolute Gasteiger partial charge is 0.399 e. The molecule has 0 saturated carbocycles. The van der Waals surface area contributed by atoms with E-state index in [1.54, 1.807) is 5.38 Å². The quantitative estimate of drug-likeness (QED) is 0.735. The van der Waals surface area contributed by atoms with E-state index in [-0.39, 0.29) is 11.9 Å². The molecule has 0 fully saturated rings. The molecule has 0 saturated heterocycles. The number of nitrogens with one attached hydrogen (secondary N) is 1. The molecule has 0 aliphatic heterocycles. The number of thiazole rings is 1. The predicted octanol–water partition coefficient (Wildman–Crippen LogP) is 2.07. The lowest BCUT2D eigenvalue weighted by atomic mass is 10.2. The third-order valence-electron chi connectivity index (χ3n) is 2.94. The molecule has 0 bridgehead atoms. The minimum Gasteiger partial charge on any atom is -0.399 e. The van der Waals surface area contributed by atoms with Crippen molar-refractivity contribution in [2.75, 3.05) is 5.73 Å². The summed E-state index contributed by atoms with van der Waals surface area (Å²) in [6, 6.07) is 7.29. The summed E-state index contributed by atoms with van der Waals surface area (Å²) in [6.45, 7) is 2.44. The van der Waals surface area contributed by atoms with Crippen LogP contribution < -0.4 is 16.8 Å². The van der Waals surface area contributed by atoms with Gasteiger partial charge in [0.05, 0.1) is 6.04 Å². The lowest BCUT2D eigenvalue weighted by Gasteiger charge is -2.04. The van der Waals surface area contributed by atoms with Crippen molar-refractivity contribution in [1.29, 1.82) is 0 Å². The Morgan fingerprint density at radius 3 is 2.75 bits per heavy atom. The van der Waals surface area contributed by atoms with Crippen molar-refractivity contribution >= 4 is 22.9 Å². The average molecular weight is 290 g/mol. The number of carbonyl (C=O) groups excluding carboxylic acids is 1. The summed E-state index contributed by atoms with van der Waals surface area (Å²) in [4.78, 5) is 16.2. The standard InChI is InChI=1S/C14H18N4OS/c1-2-11(16)14-18-12(8-20-14)13(19)17-7-9-3-5-10(15)6-4-9/h3-6,8,11H,2,7,15-16H2,1H3,(H,17,19). The van der Waals surface area contributed by atoms with Gasteiger partial charge in [-0.25, -0.2) is 4.98 Å². The molecular weight excluding hydrogens is 272 g/mol. The summed E-state index contributed by atoms with van der Waals surface area (Å²) in [5.74, 6) is -0.187. The Balaban J connectivity index is 1.94. The molecule has 2 rings (SSSR count). The molecule has 1 heterocycles. The van der Waals surface area contributed by atoms with Gasteiger partial charge >= 0.3 is 0 Å². The highest BCUT2D eigenvalue weighted by Gasteiger charge is 2.13. The van der Waals surface area contributed by atoms with Gasteiger partial charge in [0.1, 0.15) is 10.7 Å². The fourth-order valence-electron chi connectivity index (χ4n) is 1.65. The molecular formula is C14H18N4OS. The molecule has 0 spiro atoms. The monoisotopic (exact) mass is 290 g/mol. The third kappa shape index (κ3) is 3.55. The number of benzene rings is 1. The van der Waals surface area contributed by atoms with Crippen molar-refractivity contribution in [2.45, 2.75) is 25.9 Å². The smallest absolute Gasteiger partial charge is 0.271 e. The Morgan fingerprint density at radius 2 is 2.10 bits per heavy atom. The van der Waals surface area contributed by atoms with E-state index < -0.39 is 0 Å². The van der Waals surface area contributed by atoms with Crippen molar-refractivity contribution in [2.24, 2.45) is 5.73 Å². The van der Waals surface area contributed by atoms with Crippen LogP contribution in [0.1, 0.15) is 40.4 Å². The van der Waals surface area contributed by atoms with Gasteiger partial charge < -0.3 is 16.8 Å². The Morgan fingerprint density at radius 1 is 1.40 bits per heavy atom. The fraction of sp³-hybridized carbons (Fsp3) is 0.286. The molecule has 20 heavy (non-hydrogen) atoms. The lowest BCUT2D eigenvalue weighted by molar-refractivity contribution is 0.0946. The zero-order valence-electron chi connectivity index (χ0n) is 11.3. The topological polar surface area (TPSA) is 94.0 Å². The number of hydrogen-bond donors (Lipinski definition) is 3. The number of nitrogens with zero attached hydrogens (tertiary/aromatic N) is 1. The van der Waals surface area contributed by atoms with Crippen LogP contribution in [0.5, 0.6) is 0 Å². The van der Waals surface area contributed by atoms with Crippen molar-refractivity contribution in [3.63, 3.8) is 0 Å². The molecule has 6 heteroatoms. The molecule has 1 unspecified atom stereocenters. The van der Waals surface area contributed by atoms with Crippen LogP contribution in [0.4, 0.5) is 5.69 Å². The first-order chi connectivity index (χ1) is 9.60. The van der Waals surface area contributed by atoms with E-state index in [1.165, 1.54) is 11.3 Å². The normalized spacial score (nSPS) is 12.1. The molecule has 1 aromatic heterocycles. The van der Waals surface area contributed by atoms with E-state index >= 15 is 0 Å². The minimum absolute atomic E-state index is 0.0985. The summed E-state index contributed by atoms with van der Waals surface area (Å²) < 4.78 is 0. The van der Waals surface area contributed by atoms with Crippen molar-refractivity contribution in [3.05, 3.63) is 45.9 Å². The molecule has 1 amide bonds. The van der Waals surface area contributed by atoms with Gasteiger partial charge in [-0.1, -0.05) is 19.1 Å². The zero-order chi connectivity index (χ0) is 14.5.